The third-order valence-electron chi connectivity index (χ3n) is 3.50. The van der Waals surface area contributed by atoms with Crippen LogP contribution in [0.15, 0.2) is 53.4 Å². The summed E-state index contributed by atoms with van der Waals surface area (Å²) in [6.07, 6.45) is -4.43. The van der Waals surface area contributed by atoms with E-state index in [-0.39, 0.29) is 22.8 Å². The smallest absolute Gasteiger partial charge is 0.411 e. The fourth-order valence-electron chi connectivity index (χ4n) is 2.18. The second-order valence-electron chi connectivity index (χ2n) is 6.00. The maximum Gasteiger partial charge on any atom is 0.411 e. The number of carbonyl (C=O) groups excluding carboxylic acids is 2. The first-order valence-electron chi connectivity index (χ1n) is 8.27. The standard InChI is InChI=1S/C18H17F3N2O6S/c19-18(20,21)11-28-9-12-4-6-13(7-5-12)17(25)29-10-16(24)23-14-2-1-3-15(8-14)30(22,26)27/h1-8H,9-11H2,(H,23,24)(H2,22,26,27). The Hall–Kier alpha value is -2.96. The first-order valence-corrected chi connectivity index (χ1v) is 9.82. The summed E-state index contributed by atoms with van der Waals surface area (Å²) < 4.78 is 68.1. The van der Waals surface area contributed by atoms with Gasteiger partial charge >= 0.3 is 12.1 Å². The minimum absolute atomic E-state index is 0.0820. The van der Waals surface area contributed by atoms with Gasteiger partial charge in [0.05, 0.1) is 17.1 Å². The van der Waals surface area contributed by atoms with E-state index in [9.17, 15) is 31.2 Å². The molecule has 0 saturated carbocycles. The molecule has 0 aromatic heterocycles. The predicted molar refractivity (Wildman–Crippen MR) is 98.9 cm³/mol. The summed E-state index contributed by atoms with van der Waals surface area (Å²) >= 11 is 0. The molecular weight excluding hydrogens is 429 g/mol. The number of esters is 1. The molecule has 1 amide bonds. The molecule has 162 valence electrons. The molecule has 8 nitrogen and oxygen atoms in total. The molecule has 0 unspecified atom stereocenters. The Balaban J connectivity index is 1.84. The molecule has 0 fully saturated rings. The zero-order valence-corrected chi connectivity index (χ0v) is 16.1. The van der Waals surface area contributed by atoms with Crippen LogP contribution in [0, 0.1) is 0 Å². The Kier molecular flexibility index (Phi) is 7.54. The summed E-state index contributed by atoms with van der Waals surface area (Å²) in [7, 11) is -3.94. The summed E-state index contributed by atoms with van der Waals surface area (Å²) in [4.78, 5) is 23.7. The van der Waals surface area contributed by atoms with Crippen LogP contribution in [-0.4, -0.2) is 39.7 Å². The van der Waals surface area contributed by atoms with Crippen molar-refractivity contribution in [3.8, 4) is 0 Å². The van der Waals surface area contributed by atoms with Gasteiger partial charge in [0, 0.05) is 5.69 Å². The van der Waals surface area contributed by atoms with E-state index in [1.807, 2.05) is 0 Å². The monoisotopic (exact) mass is 446 g/mol. The molecule has 0 aliphatic carbocycles. The number of amides is 1. The van der Waals surface area contributed by atoms with Crippen LogP contribution >= 0.6 is 0 Å². The Labute approximate surface area is 169 Å². The lowest BCUT2D eigenvalue weighted by Crippen LogP contribution is -2.21. The third-order valence-corrected chi connectivity index (χ3v) is 4.42. The number of halogens is 3. The van der Waals surface area contributed by atoms with Crippen molar-refractivity contribution in [1.82, 2.24) is 0 Å². The van der Waals surface area contributed by atoms with Gasteiger partial charge in [0.1, 0.15) is 6.61 Å². The number of nitrogens with two attached hydrogens (primary N) is 1. The molecule has 30 heavy (non-hydrogen) atoms. The average molecular weight is 446 g/mol. The molecule has 0 radical (unpaired) electrons. The lowest BCUT2D eigenvalue weighted by atomic mass is 10.1. The number of rotatable bonds is 8. The van der Waals surface area contributed by atoms with Crippen LogP contribution in [0.5, 0.6) is 0 Å². The molecule has 2 aromatic rings. The van der Waals surface area contributed by atoms with Crippen LogP contribution < -0.4 is 10.5 Å². The topological polar surface area (TPSA) is 125 Å². The summed E-state index contributed by atoms with van der Waals surface area (Å²) in [6.45, 7) is -2.31. The number of benzene rings is 2. The number of hydrogen-bond acceptors (Lipinski definition) is 6. The molecule has 3 N–H and O–H groups in total. The number of carbonyl (C=O) groups is 2. The van der Waals surface area contributed by atoms with Gasteiger partial charge in [-0.1, -0.05) is 18.2 Å². The molecule has 0 spiro atoms. The van der Waals surface area contributed by atoms with Crippen LogP contribution in [0.3, 0.4) is 0 Å². The highest BCUT2D eigenvalue weighted by Gasteiger charge is 2.27. The van der Waals surface area contributed by atoms with E-state index in [4.69, 9.17) is 9.88 Å². The van der Waals surface area contributed by atoms with Crippen molar-refractivity contribution in [2.45, 2.75) is 17.7 Å². The van der Waals surface area contributed by atoms with Crippen LogP contribution in [0.25, 0.3) is 0 Å². The van der Waals surface area contributed by atoms with E-state index in [1.54, 1.807) is 0 Å². The van der Waals surface area contributed by atoms with Crippen molar-refractivity contribution < 1.29 is 40.7 Å². The maximum absolute atomic E-state index is 12.0. The van der Waals surface area contributed by atoms with Crippen molar-refractivity contribution in [1.29, 1.82) is 0 Å². The maximum atomic E-state index is 12.0. The zero-order chi connectivity index (χ0) is 22.4. The van der Waals surface area contributed by atoms with Gasteiger partial charge in [-0.05, 0) is 35.9 Å². The Bertz CT molecular complexity index is 1010. The van der Waals surface area contributed by atoms with Gasteiger partial charge in [0.15, 0.2) is 6.61 Å². The molecule has 2 aromatic carbocycles. The number of ether oxygens (including phenoxy) is 2. The molecule has 0 bridgehead atoms. The van der Waals surface area contributed by atoms with Gasteiger partial charge in [-0.15, -0.1) is 0 Å². The van der Waals surface area contributed by atoms with Gasteiger partial charge in [0.25, 0.3) is 5.91 Å². The summed E-state index contributed by atoms with van der Waals surface area (Å²) in [6, 6.07) is 10.6. The fraction of sp³-hybridized carbons (Fsp3) is 0.222. The van der Waals surface area contributed by atoms with Crippen LogP contribution in [0.4, 0.5) is 18.9 Å². The van der Waals surface area contributed by atoms with Gasteiger partial charge in [-0.2, -0.15) is 13.2 Å². The summed E-state index contributed by atoms with van der Waals surface area (Å²) in [5.74, 6) is -1.54. The third kappa shape index (κ3) is 7.81. The van der Waals surface area contributed by atoms with E-state index in [1.165, 1.54) is 42.5 Å². The number of primary sulfonamides is 1. The number of nitrogens with one attached hydrogen (secondary N) is 1. The second kappa shape index (κ2) is 9.69. The van der Waals surface area contributed by atoms with Gasteiger partial charge < -0.3 is 14.8 Å². The van der Waals surface area contributed by atoms with Gasteiger partial charge in [0.2, 0.25) is 10.0 Å². The number of hydrogen-bond donors (Lipinski definition) is 2. The molecule has 2 rings (SSSR count). The van der Waals surface area contributed by atoms with Crippen LogP contribution in [0.2, 0.25) is 0 Å². The minimum Gasteiger partial charge on any atom is -0.452 e. The first-order chi connectivity index (χ1) is 13.9. The van der Waals surface area contributed by atoms with Crippen LogP contribution in [-0.2, 0) is 30.9 Å². The lowest BCUT2D eigenvalue weighted by molar-refractivity contribution is -0.176. The van der Waals surface area contributed by atoms with Crippen LogP contribution in [0.1, 0.15) is 15.9 Å². The first kappa shape index (κ1) is 23.3. The van der Waals surface area contributed by atoms with E-state index in [2.05, 4.69) is 10.1 Å². The van der Waals surface area contributed by atoms with Crippen molar-refractivity contribution in [3.63, 3.8) is 0 Å². The molecule has 0 saturated heterocycles. The van der Waals surface area contributed by atoms with Crippen molar-refractivity contribution in [2.24, 2.45) is 5.14 Å². The quantitative estimate of drug-likeness (QED) is 0.599. The number of anilines is 1. The normalized spacial score (nSPS) is 11.7. The van der Waals surface area contributed by atoms with E-state index in [0.717, 1.165) is 6.07 Å². The molecule has 0 aliphatic rings. The lowest BCUT2D eigenvalue weighted by Gasteiger charge is -2.09. The molecule has 0 heterocycles. The van der Waals surface area contributed by atoms with Crippen molar-refractivity contribution in [3.05, 3.63) is 59.7 Å². The summed E-state index contributed by atoms with van der Waals surface area (Å²) in [5, 5.41) is 7.37. The van der Waals surface area contributed by atoms with E-state index < -0.39 is 41.3 Å². The summed E-state index contributed by atoms with van der Waals surface area (Å²) in [5.41, 5.74) is 0.646. The molecular formula is C18H17F3N2O6S. The number of alkyl halides is 3. The van der Waals surface area contributed by atoms with Crippen molar-refractivity contribution >= 4 is 27.6 Å². The highest BCUT2D eigenvalue weighted by molar-refractivity contribution is 7.89. The van der Waals surface area contributed by atoms with Crippen molar-refractivity contribution in [2.75, 3.05) is 18.5 Å². The van der Waals surface area contributed by atoms with E-state index >= 15 is 0 Å². The minimum atomic E-state index is -4.43. The number of sulfonamides is 1. The predicted octanol–water partition coefficient (Wildman–Crippen LogP) is 2.21. The highest BCUT2D eigenvalue weighted by atomic mass is 32.2. The Morgan fingerprint density at radius 3 is 2.33 bits per heavy atom. The second-order valence-corrected chi connectivity index (χ2v) is 7.56. The zero-order valence-electron chi connectivity index (χ0n) is 15.3. The Morgan fingerprint density at radius 1 is 1.07 bits per heavy atom. The highest BCUT2D eigenvalue weighted by Crippen LogP contribution is 2.16. The van der Waals surface area contributed by atoms with Gasteiger partial charge in [-0.25, -0.2) is 18.4 Å². The molecule has 0 aliphatic heterocycles. The Morgan fingerprint density at radius 2 is 1.73 bits per heavy atom. The largest absolute Gasteiger partial charge is 0.452 e. The van der Waals surface area contributed by atoms with Gasteiger partial charge in [-0.3, -0.25) is 4.79 Å². The fourth-order valence-corrected chi connectivity index (χ4v) is 2.74. The SMILES string of the molecule is NS(=O)(=O)c1cccc(NC(=O)COC(=O)c2ccc(COCC(F)(F)F)cc2)c1. The molecule has 0 atom stereocenters. The average Bonchev–Trinajstić information content (AvgIpc) is 2.65. The van der Waals surface area contributed by atoms with E-state index in [0.29, 0.717) is 5.56 Å². The molecule has 12 heteroatoms.